The predicted octanol–water partition coefficient (Wildman–Crippen LogP) is -0.0850. The predicted molar refractivity (Wildman–Crippen MR) is 82.6 cm³/mol. The summed E-state index contributed by atoms with van der Waals surface area (Å²) in [6, 6.07) is 0.497. The zero-order valence-electron chi connectivity index (χ0n) is 12.8. The molecule has 0 bridgehead atoms. The lowest BCUT2D eigenvalue weighted by atomic mass is 9.99. The Bertz CT molecular complexity index is 770. The van der Waals surface area contributed by atoms with Gasteiger partial charge in [-0.3, -0.25) is 15.0 Å². The summed E-state index contributed by atoms with van der Waals surface area (Å²) in [7, 11) is 1.21. The van der Waals surface area contributed by atoms with Crippen LogP contribution in [-0.4, -0.2) is 49.2 Å². The molecular weight excluding hydrogens is 338 g/mol. The van der Waals surface area contributed by atoms with Crippen LogP contribution in [0, 0.1) is 5.92 Å². The van der Waals surface area contributed by atoms with Gasteiger partial charge < -0.3 is 9.47 Å². The van der Waals surface area contributed by atoms with Crippen LogP contribution < -0.4 is 10.3 Å². The number of hydrogen-bond acceptors (Lipinski definition) is 9. The van der Waals surface area contributed by atoms with Gasteiger partial charge in [0.15, 0.2) is 5.71 Å². The Morgan fingerprint density at radius 1 is 1.33 bits per heavy atom. The molecule has 2 aliphatic heterocycles. The van der Waals surface area contributed by atoms with E-state index in [9.17, 15) is 19.2 Å². The molecule has 1 saturated heterocycles. The Hall–Kier alpha value is -2.75. The van der Waals surface area contributed by atoms with Crippen molar-refractivity contribution in [1.29, 1.82) is 0 Å². The van der Waals surface area contributed by atoms with Gasteiger partial charge >= 0.3 is 11.9 Å². The second kappa shape index (κ2) is 6.04. The first-order valence-electron chi connectivity index (χ1n) is 7.05. The molecule has 10 heteroatoms. The van der Waals surface area contributed by atoms with Crippen molar-refractivity contribution in [2.24, 2.45) is 11.0 Å². The molecule has 0 saturated carbocycles. The van der Waals surface area contributed by atoms with Crippen molar-refractivity contribution in [3.63, 3.8) is 0 Å². The Morgan fingerprint density at radius 3 is 2.75 bits per heavy atom. The minimum Gasteiger partial charge on any atom is -0.465 e. The lowest BCUT2D eigenvalue weighted by Gasteiger charge is -2.15. The zero-order chi connectivity index (χ0) is 17.4. The van der Waals surface area contributed by atoms with E-state index < -0.39 is 35.7 Å². The van der Waals surface area contributed by atoms with Crippen molar-refractivity contribution >= 4 is 46.5 Å². The maximum atomic E-state index is 12.7. The van der Waals surface area contributed by atoms with Crippen molar-refractivity contribution in [2.75, 3.05) is 18.6 Å². The van der Waals surface area contributed by atoms with E-state index in [0.717, 1.165) is 16.2 Å². The van der Waals surface area contributed by atoms with Crippen molar-refractivity contribution in [1.82, 2.24) is 5.43 Å². The fourth-order valence-electron chi connectivity index (χ4n) is 2.62. The Balaban J connectivity index is 1.94. The molecule has 126 valence electrons. The molecule has 1 fully saturated rings. The van der Waals surface area contributed by atoms with Crippen LogP contribution in [0.5, 0.6) is 0 Å². The highest BCUT2D eigenvalue weighted by atomic mass is 32.1. The molecule has 0 unspecified atom stereocenters. The molecule has 3 heterocycles. The summed E-state index contributed by atoms with van der Waals surface area (Å²) in [4.78, 5) is 50.0. The SMILES string of the molecule is CCOC(=O)C1=NN[C@H]2C(=O)N(c3ccsc3C(=O)OC)C(=O)[C@@H]12. The first-order chi connectivity index (χ1) is 11.5. The number of carbonyl (C=O) groups is 4. The number of ether oxygens (including phenoxy) is 2. The van der Waals surface area contributed by atoms with Crippen LogP contribution in [0.15, 0.2) is 16.5 Å². The number of fused-ring (bicyclic) bond motifs is 1. The number of hydrogen-bond donors (Lipinski definition) is 1. The molecule has 0 radical (unpaired) electrons. The summed E-state index contributed by atoms with van der Waals surface area (Å²) >= 11 is 1.05. The summed E-state index contributed by atoms with van der Waals surface area (Å²) in [5, 5.41) is 5.34. The third kappa shape index (κ3) is 2.26. The van der Waals surface area contributed by atoms with Gasteiger partial charge in [-0.05, 0) is 18.4 Å². The number of methoxy groups -OCH3 is 1. The molecule has 2 amide bonds. The van der Waals surface area contributed by atoms with Crippen LogP contribution in [0.2, 0.25) is 0 Å². The maximum absolute atomic E-state index is 12.7. The van der Waals surface area contributed by atoms with Crippen molar-refractivity contribution < 1.29 is 28.7 Å². The van der Waals surface area contributed by atoms with E-state index in [4.69, 9.17) is 4.74 Å². The van der Waals surface area contributed by atoms with Crippen LogP contribution in [0.25, 0.3) is 0 Å². The van der Waals surface area contributed by atoms with Crippen LogP contribution >= 0.6 is 11.3 Å². The van der Waals surface area contributed by atoms with Crippen LogP contribution in [-0.2, 0) is 23.9 Å². The van der Waals surface area contributed by atoms with Gasteiger partial charge in [0.05, 0.1) is 19.4 Å². The van der Waals surface area contributed by atoms with E-state index in [1.165, 1.54) is 13.2 Å². The second-order valence-electron chi connectivity index (χ2n) is 4.94. The number of amides is 2. The number of esters is 2. The maximum Gasteiger partial charge on any atom is 0.355 e. The molecule has 1 aromatic rings. The topological polar surface area (TPSA) is 114 Å². The van der Waals surface area contributed by atoms with Crippen molar-refractivity contribution in [3.05, 3.63) is 16.3 Å². The zero-order valence-corrected chi connectivity index (χ0v) is 13.6. The van der Waals surface area contributed by atoms with Gasteiger partial charge in [0.25, 0.3) is 5.91 Å². The fourth-order valence-corrected chi connectivity index (χ4v) is 3.42. The molecule has 0 spiro atoms. The largest absolute Gasteiger partial charge is 0.465 e. The minimum atomic E-state index is -1.07. The quantitative estimate of drug-likeness (QED) is 0.596. The Morgan fingerprint density at radius 2 is 2.08 bits per heavy atom. The number of rotatable bonds is 4. The summed E-state index contributed by atoms with van der Waals surface area (Å²) in [5.41, 5.74) is 2.50. The second-order valence-corrected chi connectivity index (χ2v) is 5.86. The highest BCUT2D eigenvalue weighted by molar-refractivity contribution is 7.12. The van der Waals surface area contributed by atoms with E-state index >= 15 is 0 Å². The average Bonchev–Trinajstić information content (AvgIpc) is 3.25. The first-order valence-corrected chi connectivity index (χ1v) is 7.93. The number of nitrogens with one attached hydrogen (secondary N) is 1. The van der Waals surface area contributed by atoms with Gasteiger partial charge in [-0.25, -0.2) is 14.5 Å². The van der Waals surface area contributed by atoms with E-state index in [2.05, 4.69) is 15.3 Å². The number of thiophene rings is 1. The third-order valence-corrected chi connectivity index (χ3v) is 4.55. The highest BCUT2D eigenvalue weighted by Gasteiger charge is 2.56. The van der Waals surface area contributed by atoms with Crippen molar-refractivity contribution in [2.45, 2.75) is 13.0 Å². The molecule has 9 nitrogen and oxygen atoms in total. The minimum absolute atomic E-state index is 0.123. The highest BCUT2D eigenvalue weighted by Crippen LogP contribution is 2.35. The van der Waals surface area contributed by atoms with Crippen LogP contribution in [0.4, 0.5) is 5.69 Å². The molecule has 2 atom stereocenters. The summed E-state index contributed by atoms with van der Waals surface area (Å²) in [6.45, 7) is 1.75. The number of imide groups is 1. The van der Waals surface area contributed by atoms with E-state index in [1.54, 1.807) is 12.3 Å². The standard InChI is InChI=1S/C14H13N3O6S/c1-3-23-13(20)9-7-8(15-16-9)12(19)17(11(7)18)6-4-5-24-10(6)14(21)22-2/h4-5,7-8,15H,3H2,1-2H3/t7-,8-/m1/s1. The molecule has 3 rings (SSSR count). The summed E-state index contributed by atoms with van der Waals surface area (Å²) < 4.78 is 9.52. The Labute approximate surface area is 140 Å². The monoisotopic (exact) mass is 351 g/mol. The van der Waals surface area contributed by atoms with E-state index in [-0.39, 0.29) is 22.9 Å². The first kappa shape index (κ1) is 16.1. The molecule has 1 aromatic heterocycles. The number of carbonyl (C=O) groups excluding carboxylic acids is 4. The van der Waals surface area contributed by atoms with Gasteiger partial charge in [0.2, 0.25) is 5.91 Å². The normalized spacial score (nSPS) is 22.1. The number of anilines is 1. The lowest BCUT2D eigenvalue weighted by molar-refractivity contribution is -0.136. The molecular formula is C14H13N3O6S. The van der Waals surface area contributed by atoms with Crippen molar-refractivity contribution in [3.8, 4) is 0 Å². The smallest absolute Gasteiger partial charge is 0.355 e. The van der Waals surface area contributed by atoms with Gasteiger partial charge in [-0.15, -0.1) is 11.3 Å². The molecule has 0 aromatic carbocycles. The molecule has 1 N–H and O–H groups in total. The van der Waals surface area contributed by atoms with Crippen LogP contribution in [0.1, 0.15) is 16.6 Å². The van der Waals surface area contributed by atoms with Gasteiger partial charge in [-0.1, -0.05) is 0 Å². The molecule has 0 aliphatic carbocycles. The number of nitrogens with zero attached hydrogens (tertiary/aromatic N) is 2. The van der Waals surface area contributed by atoms with E-state index in [0.29, 0.717) is 0 Å². The molecule has 24 heavy (non-hydrogen) atoms. The lowest BCUT2D eigenvalue weighted by Crippen LogP contribution is -2.36. The van der Waals surface area contributed by atoms with Gasteiger partial charge in [-0.2, -0.15) is 5.10 Å². The third-order valence-electron chi connectivity index (χ3n) is 3.67. The average molecular weight is 351 g/mol. The van der Waals surface area contributed by atoms with Gasteiger partial charge in [0.1, 0.15) is 16.8 Å². The van der Waals surface area contributed by atoms with Crippen LogP contribution in [0.3, 0.4) is 0 Å². The van der Waals surface area contributed by atoms with Gasteiger partial charge in [0, 0.05) is 0 Å². The summed E-state index contributed by atoms with van der Waals surface area (Å²) in [5.74, 6) is -3.69. The van der Waals surface area contributed by atoms with E-state index in [1.807, 2.05) is 0 Å². The molecule has 2 aliphatic rings. The fraction of sp³-hybridized carbons (Fsp3) is 0.357. The summed E-state index contributed by atoms with van der Waals surface area (Å²) in [6.07, 6.45) is 0. The Kier molecular flexibility index (Phi) is 4.06. The number of hydrazone groups is 1.